The monoisotopic (exact) mass is 364 g/mol. The van der Waals surface area contributed by atoms with Gasteiger partial charge in [0, 0.05) is 12.7 Å². The van der Waals surface area contributed by atoms with Crippen molar-refractivity contribution in [3.8, 4) is 6.07 Å². The van der Waals surface area contributed by atoms with E-state index in [9.17, 15) is 14.6 Å². The van der Waals surface area contributed by atoms with Gasteiger partial charge in [0.2, 0.25) is 7.37 Å². The Morgan fingerprint density at radius 2 is 2.08 bits per heavy atom. The molecular formula is C19H29N2O3P. The number of hydrogen-bond acceptors (Lipinski definition) is 4. The van der Waals surface area contributed by atoms with Gasteiger partial charge in [0.15, 0.2) is 0 Å². The predicted octanol–water partition coefficient (Wildman–Crippen LogP) is 2.90. The number of nitrogens with one attached hydrogen (secondary N) is 1. The molecule has 2 atom stereocenters. The molecule has 5 nitrogen and oxygen atoms in total. The molecule has 1 aliphatic carbocycles. The van der Waals surface area contributed by atoms with Crippen molar-refractivity contribution in [2.45, 2.75) is 44.6 Å². The molecule has 1 aromatic carbocycles. The minimum atomic E-state index is -3.26. The van der Waals surface area contributed by atoms with Crippen molar-refractivity contribution < 1.29 is 14.6 Å². The molecule has 0 amide bonds. The highest BCUT2D eigenvalue weighted by molar-refractivity contribution is 7.58. The quantitative estimate of drug-likeness (QED) is 0.463. The first-order valence-electron chi connectivity index (χ1n) is 9.17. The van der Waals surface area contributed by atoms with Crippen LogP contribution < -0.4 is 5.32 Å². The van der Waals surface area contributed by atoms with Crippen LogP contribution in [-0.4, -0.2) is 41.5 Å². The standard InChI is InChI=1S/C19H29N2O3P/c20-12-18-8-4-7-16(11-18)9-10-21-13-19(22)15-25(23,24)14-17-5-2-1-3-6-17/h4,7-8,11,17,19,21-22H,1-3,5-6,9-10,13-15H2,(H,23,24)/t19-/m0/s1. The van der Waals surface area contributed by atoms with E-state index < -0.39 is 13.5 Å². The fraction of sp³-hybridized carbons (Fsp3) is 0.632. The number of benzene rings is 1. The first-order valence-corrected chi connectivity index (χ1v) is 11.2. The van der Waals surface area contributed by atoms with Gasteiger partial charge in [0.25, 0.3) is 0 Å². The second-order valence-electron chi connectivity index (χ2n) is 7.14. The second-order valence-corrected chi connectivity index (χ2v) is 9.56. The Morgan fingerprint density at radius 1 is 1.32 bits per heavy atom. The second kappa shape index (κ2) is 10.1. The van der Waals surface area contributed by atoms with E-state index in [1.165, 1.54) is 6.42 Å². The molecule has 0 aliphatic heterocycles. The lowest BCUT2D eigenvalue weighted by Gasteiger charge is -2.25. The lowest BCUT2D eigenvalue weighted by molar-refractivity contribution is 0.190. The Morgan fingerprint density at radius 3 is 2.80 bits per heavy atom. The number of aliphatic hydroxyl groups is 1. The number of rotatable bonds is 9. The number of hydrogen-bond donors (Lipinski definition) is 3. The zero-order chi connectivity index (χ0) is 18.1. The third-order valence-electron chi connectivity index (χ3n) is 4.79. The van der Waals surface area contributed by atoms with E-state index in [2.05, 4.69) is 11.4 Å². The molecule has 138 valence electrons. The van der Waals surface area contributed by atoms with Gasteiger partial charge in [-0.1, -0.05) is 31.4 Å². The minimum absolute atomic E-state index is 0.0274. The van der Waals surface area contributed by atoms with Crippen molar-refractivity contribution in [2.75, 3.05) is 25.4 Å². The molecule has 6 heteroatoms. The maximum Gasteiger partial charge on any atom is 0.203 e. The topological polar surface area (TPSA) is 93.4 Å². The summed E-state index contributed by atoms with van der Waals surface area (Å²) in [7, 11) is -3.26. The summed E-state index contributed by atoms with van der Waals surface area (Å²) >= 11 is 0. The first-order chi connectivity index (χ1) is 12.0. The van der Waals surface area contributed by atoms with Crippen LogP contribution in [0.3, 0.4) is 0 Å². The SMILES string of the molecule is N#Cc1cccc(CCNC[C@H](O)CP(=O)(O)CC2CCCCC2)c1. The average Bonchev–Trinajstić information content (AvgIpc) is 2.59. The predicted molar refractivity (Wildman–Crippen MR) is 99.9 cm³/mol. The van der Waals surface area contributed by atoms with Crippen LogP contribution in [0.4, 0.5) is 0 Å². The van der Waals surface area contributed by atoms with Crippen LogP contribution in [-0.2, 0) is 11.0 Å². The normalized spacial score (nSPS) is 19.1. The summed E-state index contributed by atoms with van der Waals surface area (Å²) in [5.41, 5.74) is 1.70. The van der Waals surface area contributed by atoms with E-state index in [1.54, 1.807) is 6.07 Å². The molecule has 1 saturated carbocycles. The van der Waals surface area contributed by atoms with E-state index in [0.29, 0.717) is 30.7 Å². The van der Waals surface area contributed by atoms with Gasteiger partial charge in [-0.2, -0.15) is 5.26 Å². The van der Waals surface area contributed by atoms with Gasteiger partial charge >= 0.3 is 0 Å². The minimum Gasteiger partial charge on any atom is -0.391 e. The molecule has 2 rings (SSSR count). The largest absolute Gasteiger partial charge is 0.391 e. The summed E-state index contributed by atoms with van der Waals surface area (Å²) in [6.45, 7) is 0.970. The average molecular weight is 364 g/mol. The van der Waals surface area contributed by atoms with E-state index in [4.69, 9.17) is 5.26 Å². The lowest BCUT2D eigenvalue weighted by Crippen LogP contribution is -2.31. The maximum atomic E-state index is 12.4. The van der Waals surface area contributed by atoms with Gasteiger partial charge in [-0.25, -0.2) is 0 Å². The summed E-state index contributed by atoms with van der Waals surface area (Å²) in [5, 5.41) is 22.1. The Kier molecular flexibility index (Phi) is 8.12. The lowest BCUT2D eigenvalue weighted by atomic mass is 9.91. The molecule has 0 aromatic heterocycles. The van der Waals surface area contributed by atoms with Crippen molar-refractivity contribution >= 4 is 7.37 Å². The molecule has 0 spiro atoms. The summed E-state index contributed by atoms with van der Waals surface area (Å²) in [6, 6.07) is 9.56. The van der Waals surface area contributed by atoms with Crippen LogP contribution in [0.1, 0.15) is 43.2 Å². The summed E-state index contributed by atoms with van der Waals surface area (Å²) in [5.74, 6) is 0.345. The van der Waals surface area contributed by atoms with Gasteiger partial charge < -0.3 is 15.3 Å². The van der Waals surface area contributed by atoms with E-state index in [0.717, 1.165) is 37.7 Å². The smallest absolute Gasteiger partial charge is 0.203 e. The number of nitrogens with zero attached hydrogens (tertiary/aromatic N) is 1. The van der Waals surface area contributed by atoms with Gasteiger partial charge in [-0.05, 0) is 49.4 Å². The van der Waals surface area contributed by atoms with Gasteiger partial charge in [-0.3, -0.25) is 4.57 Å². The number of aliphatic hydroxyl groups excluding tert-OH is 1. The highest BCUT2D eigenvalue weighted by Gasteiger charge is 2.27. The Hall–Kier alpha value is -1.18. The van der Waals surface area contributed by atoms with Crippen molar-refractivity contribution in [1.29, 1.82) is 5.26 Å². The van der Waals surface area contributed by atoms with Crippen LogP contribution in [0.25, 0.3) is 0 Å². The van der Waals surface area contributed by atoms with Crippen LogP contribution in [0, 0.1) is 17.2 Å². The third kappa shape index (κ3) is 7.71. The fourth-order valence-electron chi connectivity index (χ4n) is 3.54. The Balaban J connectivity index is 1.66. The molecular weight excluding hydrogens is 335 g/mol. The van der Waals surface area contributed by atoms with Crippen molar-refractivity contribution in [1.82, 2.24) is 5.32 Å². The molecule has 25 heavy (non-hydrogen) atoms. The van der Waals surface area contributed by atoms with Crippen LogP contribution >= 0.6 is 7.37 Å². The zero-order valence-electron chi connectivity index (χ0n) is 14.7. The van der Waals surface area contributed by atoms with Crippen LogP contribution in [0.5, 0.6) is 0 Å². The molecule has 3 N–H and O–H groups in total. The van der Waals surface area contributed by atoms with Crippen LogP contribution in [0.2, 0.25) is 0 Å². The molecule has 0 heterocycles. The first kappa shape index (κ1) is 20.1. The fourth-order valence-corrected chi connectivity index (χ4v) is 5.65. The number of nitriles is 1. The third-order valence-corrected chi connectivity index (χ3v) is 6.87. The van der Waals surface area contributed by atoms with Crippen molar-refractivity contribution in [2.24, 2.45) is 5.92 Å². The van der Waals surface area contributed by atoms with Crippen LogP contribution in [0.15, 0.2) is 24.3 Å². The van der Waals surface area contributed by atoms with E-state index in [-0.39, 0.29) is 6.16 Å². The molecule has 0 saturated heterocycles. The zero-order valence-corrected chi connectivity index (χ0v) is 15.6. The summed E-state index contributed by atoms with van der Waals surface area (Å²) in [4.78, 5) is 10.2. The summed E-state index contributed by atoms with van der Waals surface area (Å²) < 4.78 is 12.4. The van der Waals surface area contributed by atoms with Crippen molar-refractivity contribution in [3.63, 3.8) is 0 Å². The maximum absolute atomic E-state index is 12.4. The van der Waals surface area contributed by atoms with Gasteiger partial charge in [0.1, 0.15) is 0 Å². The Labute approximate surface area is 150 Å². The Bertz CT molecular complexity index is 623. The highest BCUT2D eigenvalue weighted by atomic mass is 31.2. The molecule has 1 unspecified atom stereocenters. The van der Waals surface area contributed by atoms with Gasteiger partial charge in [0.05, 0.1) is 23.9 Å². The molecule has 1 aliphatic rings. The van der Waals surface area contributed by atoms with E-state index in [1.807, 2.05) is 18.2 Å². The summed E-state index contributed by atoms with van der Waals surface area (Å²) in [6.07, 6.45) is 5.90. The molecule has 0 bridgehead atoms. The van der Waals surface area contributed by atoms with E-state index >= 15 is 0 Å². The highest BCUT2D eigenvalue weighted by Crippen LogP contribution is 2.45. The molecule has 1 fully saturated rings. The molecule has 0 radical (unpaired) electrons. The molecule has 1 aromatic rings. The van der Waals surface area contributed by atoms with Gasteiger partial charge in [-0.15, -0.1) is 0 Å². The van der Waals surface area contributed by atoms with Crippen molar-refractivity contribution in [3.05, 3.63) is 35.4 Å².